The summed E-state index contributed by atoms with van der Waals surface area (Å²) in [7, 11) is 0. The van der Waals surface area contributed by atoms with Crippen LogP contribution in [0.5, 0.6) is 0 Å². The van der Waals surface area contributed by atoms with Crippen molar-refractivity contribution < 1.29 is 9.18 Å². The summed E-state index contributed by atoms with van der Waals surface area (Å²) in [6.45, 7) is 2.78. The Morgan fingerprint density at radius 1 is 1.42 bits per heavy atom. The Labute approximate surface area is 115 Å². The molecule has 0 saturated carbocycles. The number of aromatic nitrogens is 2. The lowest BCUT2D eigenvalue weighted by atomic mass is 10.2. The molecule has 0 N–H and O–H groups in total. The lowest BCUT2D eigenvalue weighted by Gasteiger charge is -2.01. The smallest absolute Gasteiger partial charge is 0.147 e. The van der Waals surface area contributed by atoms with Crippen molar-refractivity contribution in [3.8, 4) is 0 Å². The van der Waals surface area contributed by atoms with Gasteiger partial charge < -0.3 is 0 Å². The van der Waals surface area contributed by atoms with E-state index in [1.807, 2.05) is 13.1 Å². The van der Waals surface area contributed by atoms with Gasteiger partial charge in [-0.3, -0.25) is 9.48 Å². The van der Waals surface area contributed by atoms with E-state index in [-0.39, 0.29) is 17.4 Å². The zero-order valence-corrected chi connectivity index (χ0v) is 11.5. The van der Waals surface area contributed by atoms with Gasteiger partial charge in [0.05, 0.1) is 11.9 Å². The molecule has 0 fully saturated rings. The van der Waals surface area contributed by atoms with Gasteiger partial charge >= 0.3 is 0 Å². The average molecular weight is 278 g/mol. The molecule has 19 heavy (non-hydrogen) atoms. The molecule has 2 rings (SSSR count). The van der Waals surface area contributed by atoms with Gasteiger partial charge in [-0.25, -0.2) is 4.39 Å². The molecule has 0 spiro atoms. The van der Waals surface area contributed by atoms with Gasteiger partial charge in [-0.2, -0.15) is 5.10 Å². The van der Waals surface area contributed by atoms with E-state index in [2.05, 4.69) is 5.10 Å². The number of thioether (sulfide) groups is 1. The summed E-state index contributed by atoms with van der Waals surface area (Å²) in [6, 6.07) is 6.49. The number of hydrogen-bond donors (Lipinski definition) is 0. The zero-order valence-electron chi connectivity index (χ0n) is 10.7. The van der Waals surface area contributed by atoms with Crippen molar-refractivity contribution in [2.45, 2.75) is 24.8 Å². The van der Waals surface area contributed by atoms with Gasteiger partial charge in [0.15, 0.2) is 0 Å². The molecule has 0 aliphatic heterocycles. The van der Waals surface area contributed by atoms with Gasteiger partial charge in [-0.15, -0.1) is 11.8 Å². The highest BCUT2D eigenvalue weighted by Gasteiger charge is 2.08. The van der Waals surface area contributed by atoms with Crippen molar-refractivity contribution in [3.05, 3.63) is 48.0 Å². The van der Waals surface area contributed by atoms with Crippen LogP contribution in [0.1, 0.15) is 12.5 Å². The molecule has 1 aromatic heterocycles. The second-order valence-electron chi connectivity index (χ2n) is 4.14. The highest BCUT2D eigenvalue weighted by Crippen LogP contribution is 2.21. The summed E-state index contributed by atoms with van der Waals surface area (Å²) < 4.78 is 15.2. The lowest BCUT2D eigenvalue weighted by Crippen LogP contribution is -2.05. The Hall–Kier alpha value is -1.62. The number of nitrogens with zero attached hydrogens (tertiary/aromatic N) is 2. The molecule has 0 unspecified atom stereocenters. The van der Waals surface area contributed by atoms with Crippen LogP contribution in [0.3, 0.4) is 0 Å². The fraction of sp³-hybridized carbons (Fsp3) is 0.286. The highest BCUT2D eigenvalue weighted by atomic mass is 32.2. The van der Waals surface area contributed by atoms with Gasteiger partial charge in [-0.1, -0.05) is 12.1 Å². The van der Waals surface area contributed by atoms with E-state index in [0.717, 1.165) is 12.1 Å². The molecule has 0 aliphatic rings. The van der Waals surface area contributed by atoms with Crippen LogP contribution in [0.2, 0.25) is 0 Å². The van der Waals surface area contributed by atoms with E-state index in [9.17, 15) is 9.18 Å². The van der Waals surface area contributed by atoms with E-state index >= 15 is 0 Å². The molecular formula is C14H15FN2OS. The minimum atomic E-state index is -0.279. The van der Waals surface area contributed by atoms with Crippen LogP contribution in [-0.2, 0) is 17.8 Å². The number of benzene rings is 1. The standard InChI is InChI=1S/C14H15FN2OS/c1-2-17-9-11(8-16-17)7-12(18)10-19-14-6-4-3-5-13(14)15/h3-6,8-9H,2,7,10H2,1H3. The zero-order chi connectivity index (χ0) is 13.7. The quantitative estimate of drug-likeness (QED) is 0.762. The molecule has 1 heterocycles. The van der Waals surface area contributed by atoms with Crippen LogP contribution in [-0.4, -0.2) is 21.3 Å². The van der Waals surface area contributed by atoms with Gasteiger partial charge in [-0.05, 0) is 24.6 Å². The molecular weight excluding hydrogens is 263 g/mol. The average Bonchev–Trinajstić information content (AvgIpc) is 2.85. The molecule has 0 aliphatic carbocycles. The molecule has 0 atom stereocenters. The van der Waals surface area contributed by atoms with Gasteiger partial charge in [0, 0.05) is 24.1 Å². The minimum absolute atomic E-state index is 0.0731. The van der Waals surface area contributed by atoms with Crippen LogP contribution < -0.4 is 0 Å². The lowest BCUT2D eigenvalue weighted by molar-refractivity contribution is -0.116. The Balaban J connectivity index is 1.86. The minimum Gasteiger partial charge on any atom is -0.298 e. The van der Waals surface area contributed by atoms with Gasteiger partial charge in [0.2, 0.25) is 0 Å². The first-order valence-electron chi connectivity index (χ1n) is 6.09. The molecule has 100 valence electrons. The molecule has 1 aromatic carbocycles. The second kappa shape index (κ2) is 6.52. The molecule has 2 aromatic rings. The third-order valence-electron chi connectivity index (χ3n) is 2.64. The Morgan fingerprint density at radius 3 is 2.89 bits per heavy atom. The first-order valence-corrected chi connectivity index (χ1v) is 7.08. The number of ketones is 1. The molecule has 5 heteroatoms. The van der Waals surface area contributed by atoms with Crippen molar-refractivity contribution in [2.75, 3.05) is 5.75 Å². The topological polar surface area (TPSA) is 34.9 Å². The summed E-state index contributed by atoms with van der Waals surface area (Å²) in [4.78, 5) is 12.3. The summed E-state index contributed by atoms with van der Waals surface area (Å²) >= 11 is 1.24. The third kappa shape index (κ3) is 3.92. The molecule has 0 saturated heterocycles. The number of carbonyl (C=O) groups is 1. The Bertz CT molecular complexity index is 568. The predicted molar refractivity (Wildman–Crippen MR) is 73.7 cm³/mol. The second-order valence-corrected chi connectivity index (χ2v) is 5.16. The molecule has 0 bridgehead atoms. The number of aryl methyl sites for hydroxylation is 1. The fourth-order valence-corrected chi connectivity index (χ4v) is 2.47. The third-order valence-corrected chi connectivity index (χ3v) is 3.75. The van der Waals surface area contributed by atoms with Gasteiger partial charge in [0.1, 0.15) is 11.6 Å². The summed E-state index contributed by atoms with van der Waals surface area (Å²) in [5.74, 6) is 0.0705. The van der Waals surface area contributed by atoms with Gasteiger partial charge in [0.25, 0.3) is 0 Å². The summed E-state index contributed by atoms with van der Waals surface area (Å²) in [5.41, 5.74) is 0.904. The Kier molecular flexibility index (Phi) is 4.74. The van der Waals surface area contributed by atoms with Crippen molar-refractivity contribution in [3.63, 3.8) is 0 Å². The SMILES string of the molecule is CCn1cc(CC(=O)CSc2ccccc2F)cn1. The maximum absolute atomic E-state index is 13.4. The van der Waals surface area contributed by atoms with E-state index < -0.39 is 0 Å². The number of hydrogen-bond acceptors (Lipinski definition) is 3. The van der Waals surface area contributed by atoms with E-state index in [1.165, 1.54) is 17.8 Å². The predicted octanol–water partition coefficient (Wildman–Crippen LogP) is 2.95. The first-order chi connectivity index (χ1) is 9.19. The fourth-order valence-electron chi connectivity index (χ4n) is 1.67. The number of Topliss-reactive ketones (excluding diaryl/α,β-unsaturated/α-hetero) is 1. The highest BCUT2D eigenvalue weighted by molar-refractivity contribution is 8.00. The first kappa shape index (κ1) is 13.8. The maximum atomic E-state index is 13.4. The van der Waals surface area contributed by atoms with Crippen molar-refractivity contribution in [1.29, 1.82) is 0 Å². The van der Waals surface area contributed by atoms with Crippen molar-refractivity contribution >= 4 is 17.5 Å². The van der Waals surface area contributed by atoms with Crippen LogP contribution in [0.4, 0.5) is 4.39 Å². The monoisotopic (exact) mass is 278 g/mol. The molecule has 3 nitrogen and oxygen atoms in total. The number of halogens is 1. The normalized spacial score (nSPS) is 10.6. The van der Waals surface area contributed by atoms with Crippen LogP contribution >= 0.6 is 11.8 Å². The number of carbonyl (C=O) groups excluding carboxylic acids is 1. The van der Waals surface area contributed by atoms with Crippen LogP contribution in [0, 0.1) is 5.82 Å². The molecule has 0 radical (unpaired) electrons. The van der Waals surface area contributed by atoms with Crippen LogP contribution in [0.25, 0.3) is 0 Å². The van der Waals surface area contributed by atoms with E-state index in [1.54, 1.807) is 29.1 Å². The summed E-state index contributed by atoms with van der Waals surface area (Å²) in [5, 5.41) is 4.12. The van der Waals surface area contributed by atoms with E-state index in [4.69, 9.17) is 0 Å². The van der Waals surface area contributed by atoms with E-state index in [0.29, 0.717) is 11.3 Å². The van der Waals surface area contributed by atoms with Crippen molar-refractivity contribution in [1.82, 2.24) is 9.78 Å². The number of rotatable bonds is 6. The molecule has 0 amide bonds. The largest absolute Gasteiger partial charge is 0.298 e. The van der Waals surface area contributed by atoms with Crippen molar-refractivity contribution in [2.24, 2.45) is 0 Å². The summed E-state index contributed by atoms with van der Waals surface area (Å²) in [6.07, 6.45) is 3.92. The Morgan fingerprint density at radius 2 is 2.21 bits per heavy atom. The van der Waals surface area contributed by atoms with Crippen LogP contribution in [0.15, 0.2) is 41.6 Å². The maximum Gasteiger partial charge on any atom is 0.147 e.